The van der Waals surface area contributed by atoms with Gasteiger partial charge in [0.1, 0.15) is 22.2 Å². The van der Waals surface area contributed by atoms with Crippen LogP contribution in [0.4, 0.5) is 0 Å². The second-order valence-corrected chi connectivity index (χ2v) is 24.0. The lowest BCUT2D eigenvalue weighted by molar-refractivity contribution is 0.576. The second-order valence-electron chi connectivity index (χ2n) is 24.0. The molecule has 0 radical (unpaired) electrons. The van der Waals surface area contributed by atoms with E-state index in [2.05, 4.69) is 257 Å². The molecule has 4 aliphatic rings. The number of furan rings is 2. The molecular formula is C84H52O2. The van der Waals surface area contributed by atoms with E-state index < -0.39 is 10.8 Å². The van der Waals surface area contributed by atoms with Crippen LogP contribution in [0.1, 0.15) is 63.9 Å². The van der Waals surface area contributed by atoms with Crippen molar-refractivity contribution in [2.45, 2.75) is 24.7 Å². The molecule has 2 heterocycles. The van der Waals surface area contributed by atoms with Crippen molar-refractivity contribution < 1.29 is 8.83 Å². The Morgan fingerprint density at radius 3 is 1.63 bits per heavy atom. The smallest absolute Gasteiger partial charge is 0.143 e. The molecular weight excluding hydrogens is 1040 g/mol. The molecule has 4 aliphatic carbocycles. The molecule has 2 nitrogen and oxygen atoms in total. The molecule has 2 spiro atoms. The van der Waals surface area contributed by atoms with Crippen molar-refractivity contribution >= 4 is 99.3 Å². The summed E-state index contributed by atoms with van der Waals surface area (Å²) >= 11 is 0. The topological polar surface area (TPSA) is 26.3 Å². The zero-order valence-corrected chi connectivity index (χ0v) is 47.5. The fraction of sp³-hybridized carbons (Fsp3) is 0.0476. The van der Waals surface area contributed by atoms with Gasteiger partial charge in [-0.3, -0.25) is 0 Å². The first-order valence-corrected chi connectivity index (χ1v) is 30.0. The lowest BCUT2D eigenvalue weighted by Crippen LogP contribution is -2.26. The summed E-state index contributed by atoms with van der Waals surface area (Å²) in [5.74, 6) is 0. The van der Waals surface area contributed by atoms with Crippen LogP contribution < -0.4 is 10.6 Å². The normalized spacial score (nSPS) is 16.3. The van der Waals surface area contributed by atoms with Gasteiger partial charge in [-0.1, -0.05) is 238 Å². The third-order valence-corrected chi connectivity index (χ3v) is 20.4. The van der Waals surface area contributed by atoms with Crippen molar-refractivity contribution in [3.05, 3.63) is 322 Å². The Kier molecular flexibility index (Phi) is 9.39. The van der Waals surface area contributed by atoms with Crippen molar-refractivity contribution in [1.82, 2.24) is 0 Å². The fourth-order valence-corrected chi connectivity index (χ4v) is 17.1. The summed E-state index contributed by atoms with van der Waals surface area (Å²) in [4.78, 5) is 0. The largest absolute Gasteiger partial charge is 0.455 e. The average molecular weight is 1090 g/mol. The molecule has 0 bridgehead atoms. The van der Waals surface area contributed by atoms with Crippen LogP contribution in [-0.4, -0.2) is 0 Å². The van der Waals surface area contributed by atoms with Crippen molar-refractivity contribution in [3.63, 3.8) is 0 Å². The van der Waals surface area contributed by atoms with Gasteiger partial charge in [0.05, 0.1) is 10.8 Å². The summed E-state index contributed by atoms with van der Waals surface area (Å²) in [5, 5.41) is 14.6. The first-order valence-electron chi connectivity index (χ1n) is 30.0. The van der Waals surface area contributed by atoms with Crippen molar-refractivity contribution in [1.29, 1.82) is 0 Å². The Labute approximate surface area is 496 Å². The van der Waals surface area contributed by atoms with E-state index in [1.165, 1.54) is 132 Å². The number of para-hydroxylation sites is 3. The van der Waals surface area contributed by atoms with Crippen LogP contribution >= 0.6 is 0 Å². The lowest BCUT2D eigenvalue weighted by Gasteiger charge is -2.32. The third-order valence-electron chi connectivity index (χ3n) is 20.4. The molecule has 0 saturated heterocycles. The van der Waals surface area contributed by atoms with Gasteiger partial charge in [-0.05, 0) is 187 Å². The SMILES string of the molecule is C=C/C=c1/oc2c(-c3ccc4c(c3)C3(c5ccccc5-4)c4ccccc4-c4c3cc3c5cccc6c7c(cc(c8cccc4c83)c65)C3(C(C)=C7/C=C\C(=C)c4cccc5c4oc4ccccc45)c4ccccc4-c4ccccc43)cccc2/c1=C/C. The lowest BCUT2D eigenvalue weighted by atomic mass is 9.69. The molecule has 0 aliphatic heterocycles. The van der Waals surface area contributed by atoms with Crippen LogP contribution in [0.3, 0.4) is 0 Å². The first kappa shape index (κ1) is 47.7. The molecule has 1 atom stereocenters. The van der Waals surface area contributed by atoms with E-state index in [1.807, 2.05) is 18.2 Å². The predicted octanol–water partition coefficient (Wildman–Crippen LogP) is 20.5. The molecule has 0 N–H and O–H groups in total. The second kappa shape index (κ2) is 16.9. The van der Waals surface area contributed by atoms with Crippen LogP contribution in [0.2, 0.25) is 0 Å². The summed E-state index contributed by atoms with van der Waals surface area (Å²) in [5.41, 5.74) is 27.1. The van der Waals surface area contributed by atoms with Gasteiger partial charge in [-0.15, -0.1) is 0 Å². The van der Waals surface area contributed by atoms with Crippen LogP contribution in [0.25, 0.3) is 144 Å². The Hall–Kier alpha value is -10.8. The van der Waals surface area contributed by atoms with Gasteiger partial charge in [0.25, 0.3) is 0 Å². The number of benzene rings is 13. The highest BCUT2D eigenvalue weighted by molar-refractivity contribution is 6.36. The number of fused-ring (bicyclic) bond motifs is 25. The van der Waals surface area contributed by atoms with Gasteiger partial charge in [-0.2, -0.15) is 0 Å². The highest BCUT2D eigenvalue weighted by atomic mass is 16.3. The summed E-state index contributed by atoms with van der Waals surface area (Å²) in [7, 11) is 0. The van der Waals surface area contributed by atoms with E-state index in [0.717, 1.165) is 65.8 Å². The monoisotopic (exact) mass is 1090 g/mol. The van der Waals surface area contributed by atoms with Gasteiger partial charge in [-0.25, -0.2) is 0 Å². The minimum absolute atomic E-state index is 0.548. The molecule has 0 saturated carbocycles. The molecule has 0 amide bonds. The molecule has 13 aromatic carbocycles. The van der Waals surface area contributed by atoms with E-state index in [-0.39, 0.29) is 0 Å². The van der Waals surface area contributed by atoms with Gasteiger partial charge >= 0.3 is 0 Å². The van der Waals surface area contributed by atoms with Crippen LogP contribution in [0, 0.1) is 0 Å². The summed E-state index contributed by atoms with van der Waals surface area (Å²) in [6.07, 6.45) is 10.5. The molecule has 2 heteroatoms. The molecule has 1 unspecified atom stereocenters. The Morgan fingerprint density at radius 1 is 0.419 bits per heavy atom. The molecule has 15 aromatic rings. The van der Waals surface area contributed by atoms with E-state index in [0.29, 0.717) is 0 Å². The zero-order valence-electron chi connectivity index (χ0n) is 47.5. The van der Waals surface area contributed by atoms with Gasteiger partial charge in [0.15, 0.2) is 0 Å². The minimum Gasteiger partial charge on any atom is -0.455 e. The minimum atomic E-state index is -0.621. The molecule has 86 heavy (non-hydrogen) atoms. The summed E-state index contributed by atoms with van der Waals surface area (Å²) in [6, 6.07) is 84.6. The van der Waals surface area contributed by atoms with Crippen molar-refractivity contribution in [3.8, 4) is 44.5 Å². The highest BCUT2D eigenvalue weighted by Crippen LogP contribution is 2.67. The van der Waals surface area contributed by atoms with E-state index in [4.69, 9.17) is 15.4 Å². The maximum atomic E-state index is 6.77. The van der Waals surface area contributed by atoms with E-state index in [1.54, 1.807) is 0 Å². The Balaban J connectivity index is 0.895. The average Bonchev–Trinajstić information content (AvgIpc) is 1.48. The number of hydrogen-bond donors (Lipinski definition) is 0. The fourth-order valence-electron chi connectivity index (χ4n) is 17.1. The van der Waals surface area contributed by atoms with Crippen molar-refractivity contribution in [2.24, 2.45) is 0 Å². The quantitative estimate of drug-likeness (QED) is 0.0975. The Bertz CT molecular complexity index is 5800. The zero-order chi connectivity index (χ0) is 56.9. The first-order chi connectivity index (χ1) is 42.4. The van der Waals surface area contributed by atoms with E-state index in [9.17, 15) is 0 Å². The van der Waals surface area contributed by atoms with Crippen molar-refractivity contribution in [2.75, 3.05) is 0 Å². The molecule has 0 fully saturated rings. The van der Waals surface area contributed by atoms with Crippen LogP contribution in [0.15, 0.2) is 270 Å². The Morgan fingerprint density at radius 2 is 0.942 bits per heavy atom. The maximum absolute atomic E-state index is 6.77. The number of hydrogen-bond acceptors (Lipinski definition) is 2. The van der Waals surface area contributed by atoms with Gasteiger partial charge in [0.2, 0.25) is 0 Å². The third kappa shape index (κ3) is 5.68. The molecule has 400 valence electrons. The van der Waals surface area contributed by atoms with Gasteiger partial charge < -0.3 is 8.83 Å². The molecule has 2 aromatic heterocycles. The predicted molar refractivity (Wildman–Crippen MR) is 359 cm³/mol. The standard InChI is InChI=1S/C84H52O2/c1-5-21-75-50(6-2)61-31-18-28-53(82(61)85-75)49-41-43-57-56-24-9-14-37-70(56)84(72(57)44-49)71-38-15-10-26-63(71)80-65-34-20-30-59-66-45-73-79(64-33-19-29-60(77(64)66)67(78(59)65)46-74(80)84)52(48(4)83(73)68-35-12-7-22-54(68)55-23-8-13-36-69(55)83)42-40-47(3)51-27-17-32-62-58-25-11-16-39-76(58)86-81(51)62/h5-46H,1,3H2,2,4H3/b42-40-,50-6-,75-21+. The highest BCUT2D eigenvalue weighted by Gasteiger charge is 2.54. The maximum Gasteiger partial charge on any atom is 0.143 e. The van der Waals surface area contributed by atoms with Gasteiger partial charge in [0, 0.05) is 32.5 Å². The summed E-state index contributed by atoms with van der Waals surface area (Å²) < 4.78 is 13.4. The summed E-state index contributed by atoms with van der Waals surface area (Å²) in [6.45, 7) is 13.3. The number of rotatable bonds is 5. The van der Waals surface area contributed by atoms with Crippen LogP contribution in [0.5, 0.6) is 0 Å². The number of allylic oxidation sites excluding steroid dienone is 6. The van der Waals surface area contributed by atoms with E-state index >= 15 is 0 Å². The van der Waals surface area contributed by atoms with Crippen LogP contribution in [-0.2, 0) is 10.8 Å². The molecule has 19 rings (SSSR count).